The smallest absolute Gasteiger partial charge is 0.225 e. The summed E-state index contributed by atoms with van der Waals surface area (Å²) >= 11 is 4.52. The number of rotatable bonds is 3. The average molecular weight is 343 g/mol. The van der Waals surface area contributed by atoms with Crippen molar-refractivity contribution in [1.29, 1.82) is 0 Å². The summed E-state index contributed by atoms with van der Waals surface area (Å²) in [6, 6.07) is 0. The van der Waals surface area contributed by atoms with Crippen molar-refractivity contribution in [2.24, 2.45) is 0 Å². The lowest BCUT2D eigenvalue weighted by Crippen LogP contribution is -2.18. The molecule has 0 amide bonds. The van der Waals surface area contributed by atoms with E-state index >= 15 is 0 Å². The first kappa shape index (κ1) is 14.3. The number of hydrogen-bond acceptors (Lipinski definition) is 5. The molecule has 0 saturated carbocycles. The third-order valence-corrected chi connectivity index (χ3v) is 4.02. The van der Waals surface area contributed by atoms with Crippen LogP contribution in [0, 0.1) is 0 Å². The van der Waals surface area contributed by atoms with Crippen LogP contribution in [0.1, 0.15) is 48.8 Å². The Kier molecular flexibility index (Phi) is 3.87. The van der Waals surface area contributed by atoms with Crippen LogP contribution in [-0.4, -0.2) is 25.2 Å². The molecule has 2 aromatic rings. The molecule has 0 aromatic carbocycles. The number of ketones is 1. The van der Waals surface area contributed by atoms with Gasteiger partial charge < -0.3 is 0 Å². The highest BCUT2D eigenvalue weighted by molar-refractivity contribution is 9.10. The molecule has 2 aromatic heterocycles. The van der Waals surface area contributed by atoms with Crippen molar-refractivity contribution in [2.45, 2.75) is 39.7 Å². The molecule has 2 rings (SSSR count). The Hall–Kier alpha value is -1.08. The predicted octanol–water partition coefficient (Wildman–Crippen LogP) is 3.05. The molecule has 0 fully saturated rings. The molecular weight excluding hydrogens is 328 g/mol. The maximum atomic E-state index is 12.7. The topological polar surface area (TPSA) is 60.7 Å². The van der Waals surface area contributed by atoms with Crippen LogP contribution in [0.25, 0.3) is 0 Å². The summed E-state index contributed by atoms with van der Waals surface area (Å²) < 4.78 is 6.31. The number of nitrogens with zero attached hydrogens (tertiary/aromatic N) is 4. The standard InChI is InChI=1S/C12H15BrN4OS/c1-5-17-8(7(13)6-14-17)9(18)10-11(12(2,3)4)15-16-19-10/h6H,5H2,1-4H3. The van der Waals surface area contributed by atoms with Crippen molar-refractivity contribution < 1.29 is 4.79 Å². The second-order valence-electron chi connectivity index (χ2n) is 5.19. The minimum absolute atomic E-state index is 0.0776. The molecule has 5 nitrogen and oxygen atoms in total. The van der Waals surface area contributed by atoms with Gasteiger partial charge in [-0.05, 0) is 34.4 Å². The maximum Gasteiger partial charge on any atom is 0.225 e. The average Bonchev–Trinajstić information content (AvgIpc) is 2.93. The van der Waals surface area contributed by atoms with Crippen molar-refractivity contribution in [1.82, 2.24) is 19.4 Å². The Balaban J connectivity index is 2.51. The van der Waals surface area contributed by atoms with Crippen LogP contribution in [0.3, 0.4) is 0 Å². The molecule has 0 spiro atoms. The van der Waals surface area contributed by atoms with E-state index in [-0.39, 0.29) is 11.2 Å². The fourth-order valence-corrected chi connectivity index (χ4v) is 3.06. The van der Waals surface area contributed by atoms with Gasteiger partial charge in [-0.25, -0.2) is 0 Å². The lowest BCUT2D eigenvalue weighted by Gasteiger charge is -2.16. The van der Waals surface area contributed by atoms with E-state index in [2.05, 4.69) is 30.6 Å². The highest BCUT2D eigenvalue weighted by Crippen LogP contribution is 2.29. The zero-order valence-electron chi connectivity index (χ0n) is 11.3. The molecule has 0 bridgehead atoms. The van der Waals surface area contributed by atoms with Crippen molar-refractivity contribution in [2.75, 3.05) is 0 Å². The third kappa shape index (κ3) is 2.62. The lowest BCUT2D eigenvalue weighted by molar-refractivity contribution is 0.103. The molecule has 0 atom stereocenters. The van der Waals surface area contributed by atoms with Gasteiger partial charge in [0, 0.05) is 12.0 Å². The Labute approximate surface area is 124 Å². The van der Waals surface area contributed by atoms with E-state index in [4.69, 9.17) is 0 Å². The monoisotopic (exact) mass is 342 g/mol. The highest BCUT2D eigenvalue weighted by Gasteiger charge is 2.29. The first-order valence-corrected chi connectivity index (χ1v) is 7.51. The quantitative estimate of drug-likeness (QED) is 0.804. The third-order valence-electron chi connectivity index (χ3n) is 2.71. The van der Waals surface area contributed by atoms with Crippen molar-refractivity contribution in [3.05, 3.63) is 26.9 Å². The predicted molar refractivity (Wildman–Crippen MR) is 77.6 cm³/mol. The summed E-state index contributed by atoms with van der Waals surface area (Å²) in [4.78, 5) is 13.3. The molecule has 0 aliphatic rings. The molecule has 7 heteroatoms. The van der Waals surface area contributed by atoms with Gasteiger partial charge in [-0.15, -0.1) is 5.10 Å². The van der Waals surface area contributed by atoms with Gasteiger partial charge in [0.15, 0.2) is 0 Å². The first-order valence-electron chi connectivity index (χ1n) is 5.95. The Morgan fingerprint density at radius 1 is 1.47 bits per heavy atom. The molecule has 0 saturated heterocycles. The highest BCUT2D eigenvalue weighted by atomic mass is 79.9. The summed E-state index contributed by atoms with van der Waals surface area (Å²) in [7, 11) is 0. The van der Waals surface area contributed by atoms with Gasteiger partial charge in [-0.2, -0.15) is 5.10 Å². The van der Waals surface area contributed by atoms with Crippen LogP contribution >= 0.6 is 27.5 Å². The minimum Gasteiger partial charge on any atom is -0.286 e. The van der Waals surface area contributed by atoms with Crippen LogP contribution in [-0.2, 0) is 12.0 Å². The molecule has 0 N–H and O–H groups in total. The molecular formula is C12H15BrN4OS. The second kappa shape index (κ2) is 5.13. The summed E-state index contributed by atoms with van der Waals surface area (Å²) in [6.45, 7) is 8.65. The summed E-state index contributed by atoms with van der Waals surface area (Å²) in [5.74, 6) is -0.0776. The van der Waals surface area contributed by atoms with Gasteiger partial charge in [-0.1, -0.05) is 25.3 Å². The Morgan fingerprint density at radius 3 is 2.74 bits per heavy atom. The number of halogens is 1. The molecule has 0 radical (unpaired) electrons. The Bertz CT molecular complexity index is 612. The van der Waals surface area contributed by atoms with Crippen LogP contribution < -0.4 is 0 Å². The van der Waals surface area contributed by atoms with E-state index in [0.717, 1.165) is 17.2 Å². The fourth-order valence-electron chi connectivity index (χ4n) is 1.77. The molecule has 0 unspecified atom stereocenters. The van der Waals surface area contributed by atoms with E-state index in [1.807, 2.05) is 27.7 Å². The van der Waals surface area contributed by atoms with Gasteiger partial charge in [0.1, 0.15) is 10.6 Å². The normalized spacial score (nSPS) is 11.8. The molecule has 0 aliphatic heterocycles. The Morgan fingerprint density at radius 2 is 2.16 bits per heavy atom. The van der Waals surface area contributed by atoms with Gasteiger partial charge in [-0.3, -0.25) is 9.48 Å². The summed E-state index contributed by atoms with van der Waals surface area (Å²) in [6.07, 6.45) is 1.64. The zero-order chi connectivity index (χ0) is 14.2. The van der Waals surface area contributed by atoms with Crippen LogP contribution in [0.2, 0.25) is 0 Å². The van der Waals surface area contributed by atoms with Crippen LogP contribution in [0.15, 0.2) is 10.7 Å². The fraction of sp³-hybridized carbons (Fsp3) is 0.500. The van der Waals surface area contributed by atoms with Gasteiger partial charge in [0.05, 0.1) is 16.4 Å². The van der Waals surface area contributed by atoms with E-state index in [0.29, 0.717) is 21.6 Å². The second-order valence-corrected chi connectivity index (χ2v) is 6.80. The van der Waals surface area contributed by atoms with E-state index in [1.54, 1.807) is 10.9 Å². The van der Waals surface area contributed by atoms with E-state index < -0.39 is 0 Å². The van der Waals surface area contributed by atoms with Crippen molar-refractivity contribution >= 4 is 33.2 Å². The number of hydrogen-bond donors (Lipinski definition) is 0. The number of carbonyl (C=O) groups is 1. The summed E-state index contributed by atoms with van der Waals surface area (Å²) in [5.41, 5.74) is 1.08. The number of aromatic nitrogens is 4. The van der Waals surface area contributed by atoms with Crippen molar-refractivity contribution in [3.63, 3.8) is 0 Å². The zero-order valence-corrected chi connectivity index (χ0v) is 13.7. The largest absolute Gasteiger partial charge is 0.286 e. The molecule has 0 aliphatic carbocycles. The van der Waals surface area contributed by atoms with Crippen molar-refractivity contribution in [3.8, 4) is 0 Å². The van der Waals surface area contributed by atoms with Gasteiger partial charge in [0.2, 0.25) is 5.78 Å². The van der Waals surface area contributed by atoms with Crippen LogP contribution in [0.5, 0.6) is 0 Å². The molecule has 19 heavy (non-hydrogen) atoms. The van der Waals surface area contributed by atoms with E-state index in [9.17, 15) is 4.79 Å². The number of carbonyl (C=O) groups excluding carboxylic acids is 1. The summed E-state index contributed by atoms with van der Waals surface area (Å²) in [5, 5.41) is 8.28. The minimum atomic E-state index is -0.207. The van der Waals surface area contributed by atoms with E-state index in [1.165, 1.54) is 0 Å². The molecule has 2 heterocycles. The van der Waals surface area contributed by atoms with Gasteiger partial charge in [0.25, 0.3) is 0 Å². The van der Waals surface area contributed by atoms with Crippen LogP contribution in [0.4, 0.5) is 0 Å². The lowest BCUT2D eigenvalue weighted by atomic mass is 9.90. The maximum absolute atomic E-state index is 12.7. The van der Waals surface area contributed by atoms with Gasteiger partial charge >= 0.3 is 0 Å². The first-order chi connectivity index (χ1) is 8.86. The number of aryl methyl sites for hydroxylation is 1. The molecule has 102 valence electrons. The SMILES string of the molecule is CCn1ncc(Br)c1C(=O)c1snnc1C(C)(C)C.